The lowest BCUT2D eigenvalue weighted by Gasteiger charge is -2.43. The number of anilines is 1. The van der Waals surface area contributed by atoms with Crippen molar-refractivity contribution in [2.45, 2.75) is 44.7 Å². The number of amides is 4. The van der Waals surface area contributed by atoms with Crippen LogP contribution in [0.25, 0.3) is 0 Å². The maximum atomic E-state index is 13.2. The fraction of sp³-hybridized carbons (Fsp3) is 0.371. The van der Waals surface area contributed by atoms with Crippen LogP contribution in [-0.4, -0.2) is 82.5 Å². The summed E-state index contributed by atoms with van der Waals surface area (Å²) in [5, 5.41) is 7.73. The first-order valence-corrected chi connectivity index (χ1v) is 17.5. The van der Waals surface area contributed by atoms with Crippen LogP contribution in [0.1, 0.15) is 54.3 Å². The molecule has 11 heteroatoms. The number of fused-ring (bicyclic) bond motifs is 1. The summed E-state index contributed by atoms with van der Waals surface area (Å²) >= 11 is 0. The van der Waals surface area contributed by atoms with Gasteiger partial charge in [0.25, 0.3) is 20.1 Å². The summed E-state index contributed by atoms with van der Waals surface area (Å²) in [7, 11) is -2.61. The van der Waals surface area contributed by atoms with Crippen LogP contribution in [-0.2, 0) is 23.5 Å². The van der Waals surface area contributed by atoms with Crippen LogP contribution in [0.2, 0.25) is 5.04 Å². The Bertz CT molecular complexity index is 1520. The van der Waals surface area contributed by atoms with E-state index in [4.69, 9.17) is 13.9 Å². The molecule has 1 fully saturated rings. The van der Waals surface area contributed by atoms with E-state index in [1.54, 1.807) is 18.2 Å². The summed E-state index contributed by atoms with van der Waals surface area (Å²) in [6.07, 6.45) is 0.185. The van der Waals surface area contributed by atoms with E-state index < -0.39 is 38.0 Å². The summed E-state index contributed by atoms with van der Waals surface area (Å²) < 4.78 is 18.4. The van der Waals surface area contributed by atoms with Crippen LogP contribution in [0.4, 0.5) is 5.69 Å². The Balaban J connectivity index is 1.07. The van der Waals surface area contributed by atoms with Crippen molar-refractivity contribution < 1.29 is 33.1 Å². The quantitative estimate of drug-likeness (QED) is 0.156. The second-order valence-electron chi connectivity index (χ2n) is 12.3. The van der Waals surface area contributed by atoms with Gasteiger partial charge in [0, 0.05) is 18.7 Å². The Labute approximate surface area is 270 Å². The summed E-state index contributed by atoms with van der Waals surface area (Å²) in [4.78, 5) is 51.1. The van der Waals surface area contributed by atoms with E-state index in [2.05, 4.69) is 79.9 Å². The normalized spacial score (nSPS) is 16.8. The third-order valence-electron chi connectivity index (χ3n) is 8.37. The molecule has 0 bridgehead atoms. The SMILES string of the molecule is CC(C)(C)[Si](OCCOCCOCCNc1cccc2c1C(=O)N(C1CCC(=O)NC1=O)C2=O)(c1ccccc1)c1ccccc1. The molecule has 1 unspecified atom stereocenters. The van der Waals surface area contributed by atoms with Crippen LogP contribution in [0.5, 0.6) is 0 Å². The Morgan fingerprint density at radius 1 is 0.783 bits per heavy atom. The number of nitrogens with one attached hydrogen (secondary N) is 2. The highest BCUT2D eigenvalue weighted by molar-refractivity contribution is 6.99. The number of hydrogen-bond acceptors (Lipinski definition) is 8. The third kappa shape index (κ3) is 6.82. The molecule has 0 spiro atoms. The van der Waals surface area contributed by atoms with Crippen molar-refractivity contribution in [3.63, 3.8) is 0 Å². The van der Waals surface area contributed by atoms with E-state index in [1.807, 2.05) is 12.1 Å². The number of rotatable bonds is 14. The zero-order valence-corrected chi connectivity index (χ0v) is 27.5. The molecule has 1 saturated heterocycles. The van der Waals surface area contributed by atoms with E-state index in [0.717, 1.165) is 4.90 Å². The highest BCUT2D eigenvalue weighted by Crippen LogP contribution is 2.37. The van der Waals surface area contributed by atoms with Gasteiger partial charge in [-0.3, -0.25) is 29.4 Å². The predicted molar refractivity (Wildman–Crippen MR) is 177 cm³/mol. The average molecular weight is 644 g/mol. The lowest BCUT2D eigenvalue weighted by atomic mass is 10.0. The number of benzene rings is 3. The van der Waals surface area contributed by atoms with Crippen molar-refractivity contribution in [1.29, 1.82) is 0 Å². The number of ether oxygens (including phenoxy) is 2. The van der Waals surface area contributed by atoms with Crippen LogP contribution < -0.4 is 21.0 Å². The molecule has 242 valence electrons. The van der Waals surface area contributed by atoms with E-state index in [-0.39, 0.29) is 29.0 Å². The Hall–Kier alpha value is -4.16. The van der Waals surface area contributed by atoms with Gasteiger partial charge in [0.2, 0.25) is 11.8 Å². The predicted octanol–water partition coefficient (Wildman–Crippen LogP) is 3.11. The van der Waals surface area contributed by atoms with Gasteiger partial charge in [0.05, 0.1) is 44.2 Å². The summed E-state index contributed by atoms with van der Waals surface area (Å²) in [5.41, 5.74) is 0.946. The molecule has 2 aliphatic rings. The summed E-state index contributed by atoms with van der Waals surface area (Å²) in [5.74, 6) is -2.13. The molecule has 2 aliphatic heterocycles. The van der Waals surface area contributed by atoms with Crippen molar-refractivity contribution in [2.75, 3.05) is 44.9 Å². The van der Waals surface area contributed by atoms with Crippen LogP contribution in [0.3, 0.4) is 0 Å². The highest BCUT2D eigenvalue weighted by atomic mass is 28.4. The number of carbonyl (C=O) groups is 4. The molecular formula is C35H41N3O7Si. The lowest BCUT2D eigenvalue weighted by molar-refractivity contribution is -0.136. The minimum Gasteiger partial charge on any atom is -0.405 e. The van der Waals surface area contributed by atoms with E-state index in [0.29, 0.717) is 45.3 Å². The molecule has 4 amide bonds. The standard InChI is InChI=1S/C35H41N3O7Si/c1-35(2,3)46(25-11-6-4-7-12-25,26-13-8-5-9-14-26)45-24-23-44-22-21-43-20-19-36-28-16-10-15-27-31(28)34(42)38(33(27)41)29-17-18-30(39)37-32(29)40/h4-16,29,36H,17-24H2,1-3H3,(H,37,39,40). The molecule has 0 aromatic heterocycles. The van der Waals surface area contributed by atoms with Gasteiger partial charge in [0.1, 0.15) is 6.04 Å². The molecule has 0 saturated carbocycles. The van der Waals surface area contributed by atoms with Gasteiger partial charge < -0.3 is 19.2 Å². The second kappa shape index (κ2) is 14.5. The molecule has 3 aromatic rings. The van der Waals surface area contributed by atoms with E-state index >= 15 is 0 Å². The third-order valence-corrected chi connectivity index (χ3v) is 13.4. The zero-order chi connectivity index (χ0) is 32.7. The van der Waals surface area contributed by atoms with Crippen LogP contribution >= 0.6 is 0 Å². The number of hydrogen-bond donors (Lipinski definition) is 2. The zero-order valence-electron chi connectivity index (χ0n) is 26.5. The van der Waals surface area contributed by atoms with Gasteiger partial charge in [-0.15, -0.1) is 0 Å². The molecule has 3 aromatic carbocycles. The van der Waals surface area contributed by atoms with Crippen molar-refractivity contribution in [2.24, 2.45) is 0 Å². The molecule has 2 heterocycles. The largest absolute Gasteiger partial charge is 0.405 e. The van der Waals surface area contributed by atoms with Crippen molar-refractivity contribution >= 4 is 48.0 Å². The van der Waals surface area contributed by atoms with E-state index in [9.17, 15) is 19.2 Å². The second-order valence-corrected chi connectivity index (χ2v) is 16.6. The van der Waals surface area contributed by atoms with Crippen molar-refractivity contribution in [3.8, 4) is 0 Å². The van der Waals surface area contributed by atoms with Gasteiger partial charge in [-0.1, -0.05) is 87.5 Å². The number of piperidine rings is 1. The van der Waals surface area contributed by atoms with Gasteiger partial charge >= 0.3 is 0 Å². The first-order chi connectivity index (χ1) is 22.1. The Kier molecular flexibility index (Phi) is 10.5. The molecule has 0 radical (unpaired) electrons. The molecule has 5 rings (SSSR count). The molecule has 2 N–H and O–H groups in total. The van der Waals surface area contributed by atoms with Crippen LogP contribution in [0, 0.1) is 0 Å². The number of imide groups is 2. The fourth-order valence-electron chi connectivity index (χ4n) is 6.26. The van der Waals surface area contributed by atoms with Crippen molar-refractivity contribution in [3.05, 3.63) is 90.0 Å². The average Bonchev–Trinajstić information content (AvgIpc) is 3.30. The summed E-state index contributed by atoms with van der Waals surface area (Å²) in [6.45, 7) is 9.15. The minimum atomic E-state index is -2.61. The smallest absolute Gasteiger partial charge is 0.264 e. The Morgan fingerprint density at radius 3 is 2.00 bits per heavy atom. The summed E-state index contributed by atoms with van der Waals surface area (Å²) in [6, 6.07) is 24.9. The molecule has 1 atom stereocenters. The topological polar surface area (TPSA) is 123 Å². The number of carbonyl (C=O) groups excluding carboxylic acids is 4. The first-order valence-electron chi connectivity index (χ1n) is 15.6. The maximum Gasteiger partial charge on any atom is 0.264 e. The molecular weight excluding hydrogens is 602 g/mol. The van der Waals surface area contributed by atoms with Crippen LogP contribution in [0.15, 0.2) is 78.9 Å². The molecule has 0 aliphatic carbocycles. The van der Waals surface area contributed by atoms with Gasteiger partial charge in [-0.2, -0.15) is 0 Å². The van der Waals surface area contributed by atoms with Gasteiger partial charge in [0.15, 0.2) is 0 Å². The first kappa shape index (κ1) is 33.2. The Morgan fingerprint density at radius 2 is 1.39 bits per heavy atom. The molecule has 46 heavy (non-hydrogen) atoms. The van der Waals surface area contributed by atoms with E-state index in [1.165, 1.54) is 10.4 Å². The molecule has 10 nitrogen and oxygen atoms in total. The highest BCUT2D eigenvalue weighted by Gasteiger charge is 2.50. The lowest BCUT2D eigenvalue weighted by Crippen LogP contribution is -2.66. The maximum absolute atomic E-state index is 13.2. The van der Waals surface area contributed by atoms with Gasteiger partial charge in [-0.05, 0) is 34.0 Å². The minimum absolute atomic E-state index is 0.0732. The monoisotopic (exact) mass is 643 g/mol. The fourth-order valence-corrected chi connectivity index (χ4v) is 10.8. The van der Waals surface area contributed by atoms with Gasteiger partial charge in [-0.25, -0.2) is 0 Å². The van der Waals surface area contributed by atoms with Crippen molar-refractivity contribution in [1.82, 2.24) is 10.2 Å². The number of nitrogens with zero attached hydrogens (tertiary/aromatic N) is 1.